The molecule has 0 bridgehead atoms. The molecule has 0 spiro atoms. The van der Waals surface area contributed by atoms with Crippen LogP contribution in [0.4, 0.5) is 17.2 Å². The van der Waals surface area contributed by atoms with Crippen molar-refractivity contribution in [2.24, 2.45) is 0 Å². The minimum atomic E-state index is 0.178. The number of nitrogens with one attached hydrogen (secondary N) is 1. The van der Waals surface area contributed by atoms with Crippen molar-refractivity contribution in [3.8, 4) is 0 Å². The molecule has 0 amide bonds. The quantitative estimate of drug-likeness (QED) is 0.773. The zero-order valence-corrected chi connectivity index (χ0v) is 8.64. The Morgan fingerprint density at radius 1 is 1.50 bits per heavy atom. The molecule has 0 aliphatic carbocycles. The minimum absolute atomic E-state index is 0.178. The second-order valence-electron chi connectivity index (χ2n) is 2.58. The summed E-state index contributed by atoms with van der Waals surface area (Å²) in [5.41, 5.74) is 7.08. The third kappa shape index (κ3) is 1.94. The average molecular weight is 227 g/mol. The first kappa shape index (κ1) is 9.23. The summed E-state index contributed by atoms with van der Waals surface area (Å²) in [7, 11) is 0. The molecule has 0 aliphatic heterocycles. The summed E-state index contributed by atoms with van der Waals surface area (Å²) in [6.07, 6.45) is 1.48. The molecule has 2 rings (SSSR count). The Labute approximate surface area is 89.8 Å². The van der Waals surface area contributed by atoms with Crippen LogP contribution >= 0.6 is 22.9 Å². The summed E-state index contributed by atoms with van der Waals surface area (Å²) >= 11 is 7.23. The molecular formula is C8H7ClN4S. The van der Waals surface area contributed by atoms with Gasteiger partial charge < -0.3 is 11.1 Å². The number of rotatable bonds is 2. The second-order valence-corrected chi connectivity index (χ2v) is 3.70. The van der Waals surface area contributed by atoms with Gasteiger partial charge in [0.1, 0.15) is 0 Å². The van der Waals surface area contributed by atoms with Gasteiger partial charge in [-0.15, -0.1) is 0 Å². The Morgan fingerprint density at radius 3 is 3.07 bits per heavy atom. The lowest BCUT2D eigenvalue weighted by Crippen LogP contribution is -1.99. The Balaban J connectivity index is 2.28. The predicted octanol–water partition coefficient (Wildman–Crippen LogP) is 2.52. The van der Waals surface area contributed by atoms with Crippen molar-refractivity contribution in [2.45, 2.75) is 0 Å². The maximum Gasteiger partial charge on any atom is 0.224 e. The third-order valence-electron chi connectivity index (χ3n) is 1.57. The van der Waals surface area contributed by atoms with Crippen LogP contribution in [0, 0.1) is 0 Å². The zero-order valence-electron chi connectivity index (χ0n) is 7.07. The minimum Gasteiger partial charge on any atom is -0.394 e. The molecule has 0 aliphatic rings. The van der Waals surface area contributed by atoms with Gasteiger partial charge in [-0.3, -0.25) is 0 Å². The summed E-state index contributed by atoms with van der Waals surface area (Å²) in [5.74, 6) is 0.531. The number of hydrogen-bond donors (Lipinski definition) is 2. The van der Waals surface area contributed by atoms with Gasteiger partial charge in [0.05, 0.1) is 17.6 Å². The standard InChI is InChI=1S/C8H7ClN4S/c9-8-11-3-6(10)7(13-8)12-5-1-2-14-4-5/h1-4H,10H2,(H,11,12,13). The maximum absolute atomic E-state index is 5.66. The van der Waals surface area contributed by atoms with Crippen LogP contribution in [0.5, 0.6) is 0 Å². The van der Waals surface area contributed by atoms with E-state index in [0.717, 1.165) is 5.69 Å². The van der Waals surface area contributed by atoms with Gasteiger partial charge in [-0.2, -0.15) is 16.3 Å². The van der Waals surface area contributed by atoms with Crippen LogP contribution in [0.1, 0.15) is 0 Å². The first-order valence-electron chi connectivity index (χ1n) is 3.83. The SMILES string of the molecule is Nc1cnc(Cl)nc1Nc1ccsc1. The molecule has 72 valence electrons. The van der Waals surface area contributed by atoms with E-state index in [1.54, 1.807) is 11.3 Å². The van der Waals surface area contributed by atoms with E-state index in [9.17, 15) is 0 Å². The number of halogens is 1. The highest BCUT2D eigenvalue weighted by Crippen LogP contribution is 2.22. The molecule has 3 N–H and O–H groups in total. The van der Waals surface area contributed by atoms with Crippen molar-refractivity contribution in [3.05, 3.63) is 28.3 Å². The summed E-state index contributed by atoms with van der Waals surface area (Å²) < 4.78 is 0. The highest BCUT2D eigenvalue weighted by Gasteiger charge is 2.03. The van der Waals surface area contributed by atoms with Crippen LogP contribution in [0.3, 0.4) is 0 Å². The number of hydrogen-bond acceptors (Lipinski definition) is 5. The molecule has 6 heteroatoms. The Morgan fingerprint density at radius 2 is 2.36 bits per heavy atom. The molecule has 0 saturated heterocycles. The summed E-state index contributed by atoms with van der Waals surface area (Å²) in [6.45, 7) is 0. The fraction of sp³-hybridized carbons (Fsp3) is 0. The van der Waals surface area contributed by atoms with Gasteiger partial charge in [0.15, 0.2) is 5.82 Å². The highest BCUT2D eigenvalue weighted by molar-refractivity contribution is 7.08. The third-order valence-corrected chi connectivity index (χ3v) is 2.44. The Bertz CT molecular complexity index is 429. The van der Waals surface area contributed by atoms with Crippen molar-refractivity contribution in [1.82, 2.24) is 9.97 Å². The van der Waals surface area contributed by atoms with Gasteiger partial charge >= 0.3 is 0 Å². The number of nitrogen functional groups attached to an aromatic ring is 1. The molecule has 0 fully saturated rings. The van der Waals surface area contributed by atoms with Crippen LogP contribution < -0.4 is 11.1 Å². The number of anilines is 3. The van der Waals surface area contributed by atoms with Gasteiger partial charge in [0.25, 0.3) is 0 Å². The van der Waals surface area contributed by atoms with Crippen molar-refractivity contribution in [3.63, 3.8) is 0 Å². The number of nitrogens with zero attached hydrogens (tertiary/aromatic N) is 2. The lowest BCUT2D eigenvalue weighted by molar-refractivity contribution is 1.17. The topological polar surface area (TPSA) is 63.8 Å². The second kappa shape index (κ2) is 3.81. The largest absolute Gasteiger partial charge is 0.394 e. The summed E-state index contributed by atoms with van der Waals surface area (Å²) in [4.78, 5) is 7.73. The fourth-order valence-electron chi connectivity index (χ4n) is 0.942. The van der Waals surface area contributed by atoms with Crippen molar-refractivity contribution in [2.75, 3.05) is 11.1 Å². The summed E-state index contributed by atoms with van der Waals surface area (Å²) in [6, 6.07) is 1.93. The Hall–Kier alpha value is -1.33. The van der Waals surface area contributed by atoms with Crippen LogP contribution in [0.2, 0.25) is 5.28 Å². The Kier molecular flexibility index (Phi) is 2.51. The molecule has 14 heavy (non-hydrogen) atoms. The first-order chi connectivity index (χ1) is 6.75. The molecule has 0 unspecified atom stereocenters. The number of nitrogens with two attached hydrogens (primary N) is 1. The van der Waals surface area contributed by atoms with E-state index in [0.29, 0.717) is 11.5 Å². The molecule has 2 heterocycles. The molecular weight excluding hydrogens is 220 g/mol. The molecule has 0 saturated carbocycles. The van der Waals surface area contributed by atoms with E-state index in [2.05, 4.69) is 15.3 Å². The van der Waals surface area contributed by atoms with E-state index in [4.69, 9.17) is 17.3 Å². The predicted molar refractivity (Wildman–Crippen MR) is 59.1 cm³/mol. The van der Waals surface area contributed by atoms with Crippen molar-refractivity contribution in [1.29, 1.82) is 0 Å². The van der Waals surface area contributed by atoms with Crippen LogP contribution in [-0.2, 0) is 0 Å². The highest BCUT2D eigenvalue weighted by atomic mass is 35.5. The molecule has 0 aromatic carbocycles. The molecule has 0 atom stereocenters. The van der Waals surface area contributed by atoms with Gasteiger partial charge in [0, 0.05) is 5.38 Å². The van der Waals surface area contributed by atoms with Crippen LogP contribution in [-0.4, -0.2) is 9.97 Å². The first-order valence-corrected chi connectivity index (χ1v) is 5.15. The van der Waals surface area contributed by atoms with Crippen molar-refractivity contribution >= 4 is 40.1 Å². The smallest absolute Gasteiger partial charge is 0.224 e. The number of aromatic nitrogens is 2. The average Bonchev–Trinajstić information content (AvgIpc) is 2.64. The van der Waals surface area contributed by atoms with E-state index < -0.39 is 0 Å². The van der Waals surface area contributed by atoms with Crippen LogP contribution in [0.25, 0.3) is 0 Å². The fourth-order valence-corrected chi connectivity index (χ4v) is 1.66. The van der Waals surface area contributed by atoms with Crippen LogP contribution in [0.15, 0.2) is 23.0 Å². The summed E-state index contributed by atoms with van der Waals surface area (Å²) in [5, 5.41) is 7.13. The normalized spacial score (nSPS) is 10.1. The molecule has 4 nitrogen and oxygen atoms in total. The number of thiophene rings is 1. The van der Waals surface area contributed by atoms with E-state index >= 15 is 0 Å². The molecule has 2 aromatic rings. The molecule has 2 aromatic heterocycles. The van der Waals surface area contributed by atoms with E-state index in [1.165, 1.54) is 6.20 Å². The van der Waals surface area contributed by atoms with E-state index in [1.807, 2.05) is 16.8 Å². The van der Waals surface area contributed by atoms with Crippen molar-refractivity contribution < 1.29 is 0 Å². The van der Waals surface area contributed by atoms with Gasteiger partial charge in [-0.05, 0) is 23.0 Å². The molecule has 0 radical (unpaired) electrons. The van der Waals surface area contributed by atoms with E-state index in [-0.39, 0.29) is 5.28 Å². The van der Waals surface area contributed by atoms with Gasteiger partial charge in [-0.1, -0.05) is 0 Å². The lowest BCUT2D eigenvalue weighted by Gasteiger charge is -2.05. The zero-order chi connectivity index (χ0) is 9.97. The maximum atomic E-state index is 5.66. The van der Waals surface area contributed by atoms with Gasteiger partial charge in [-0.25, -0.2) is 4.98 Å². The monoisotopic (exact) mass is 226 g/mol. The van der Waals surface area contributed by atoms with Gasteiger partial charge in [0.2, 0.25) is 5.28 Å². The lowest BCUT2D eigenvalue weighted by atomic mass is 10.4.